The van der Waals surface area contributed by atoms with E-state index in [1.807, 2.05) is 0 Å². The average Bonchev–Trinajstić information content (AvgIpc) is 2.47. The molecule has 1 heterocycles. The van der Waals surface area contributed by atoms with Crippen molar-refractivity contribution in [2.24, 2.45) is 0 Å². The van der Waals surface area contributed by atoms with E-state index in [1.54, 1.807) is 6.92 Å². The number of amides is 1. The zero-order valence-electron chi connectivity index (χ0n) is 9.26. The minimum Gasteiger partial charge on any atom is -0.493 e. The zero-order chi connectivity index (χ0) is 12.8. The number of hydrogen-bond acceptors (Lipinski definition) is 2. The molecule has 0 aliphatic carbocycles. The van der Waals surface area contributed by atoms with Gasteiger partial charge in [0, 0.05) is 6.54 Å². The molecule has 0 unspecified atom stereocenters. The largest absolute Gasteiger partial charge is 0.493 e. The van der Waals surface area contributed by atoms with Crippen LogP contribution in [0.1, 0.15) is 12.5 Å². The fraction of sp³-hybridized carbons (Fsp3) is 0.364. The molecule has 0 bridgehead atoms. The summed E-state index contributed by atoms with van der Waals surface area (Å²) in [5, 5.41) is 0. The molecule has 6 heteroatoms. The highest BCUT2D eigenvalue weighted by molar-refractivity contribution is 9.10. The molecule has 0 fully saturated rings. The Bertz CT molecular complexity index is 491. The number of halogens is 3. The number of benzene rings is 1. The molecule has 0 radical (unpaired) electrons. The number of methoxy groups -OCH3 is 1. The highest BCUT2D eigenvalue weighted by atomic mass is 79.9. The van der Waals surface area contributed by atoms with Gasteiger partial charge in [0.2, 0.25) is 0 Å². The molecule has 0 saturated carbocycles. The van der Waals surface area contributed by atoms with Gasteiger partial charge < -0.3 is 9.64 Å². The van der Waals surface area contributed by atoms with Gasteiger partial charge in [-0.1, -0.05) is 0 Å². The first-order valence-corrected chi connectivity index (χ1v) is 5.81. The maximum Gasteiger partial charge on any atom is 0.352 e. The average molecular weight is 306 g/mol. The van der Waals surface area contributed by atoms with Crippen LogP contribution in [0.3, 0.4) is 0 Å². The standard InChI is InChI=1S/C11H10BrF2NO2/c1-3-15-8-6(11(13,14)10(15)16)4-5-7(12)9(8)17-2/h4-5H,3H2,1-2H3. The number of ether oxygens (including phenoxy) is 1. The highest BCUT2D eigenvalue weighted by Crippen LogP contribution is 2.50. The van der Waals surface area contributed by atoms with Gasteiger partial charge in [0.05, 0.1) is 22.8 Å². The third-order valence-corrected chi connectivity index (χ3v) is 3.35. The molecule has 3 nitrogen and oxygen atoms in total. The normalized spacial score (nSPS) is 17.2. The lowest BCUT2D eigenvalue weighted by atomic mass is 10.1. The first-order chi connectivity index (χ1) is 7.95. The molecule has 0 saturated heterocycles. The Morgan fingerprint density at radius 3 is 2.65 bits per heavy atom. The van der Waals surface area contributed by atoms with Crippen molar-refractivity contribution in [1.82, 2.24) is 0 Å². The van der Waals surface area contributed by atoms with E-state index in [4.69, 9.17) is 4.74 Å². The van der Waals surface area contributed by atoms with Crippen molar-refractivity contribution in [3.8, 4) is 5.75 Å². The second-order valence-corrected chi connectivity index (χ2v) is 4.45. The smallest absolute Gasteiger partial charge is 0.352 e. The van der Waals surface area contributed by atoms with Gasteiger partial charge in [-0.2, -0.15) is 8.78 Å². The van der Waals surface area contributed by atoms with Gasteiger partial charge in [0.15, 0.2) is 5.75 Å². The summed E-state index contributed by atoms with van der Waals surface area (Å²) in [4.78, 5) is 12.6. The number of carbonyl (C=O) groups excluding carboxylic acids is 1. The molecule has 2 rings (SSSR count). The Hall–Kier alpha value is -1.17. The van der Waals surface area contributed by atoms with Gasteiger partial charge in [-0.15, -0.1) is 0 Å². The third-order valence-electron chi connectivity index (χ3n) is 2.73. The van der Waals surface area contributed by atoms with Crippen molar-refractivity contribution in [3.63, 3.8) is 0 Å². The summed E-state index contributed by atoms with van der Waals surface area (Å²) in [6.07, 6.45) is 0. The Balaban J connectivity index is 2.75. The van der Waals surface area contributed by atoms with Crippen molar-refractivity contribution in [1.29, 1.82) is 0 Å². The molecule has 0 spiro atoms. The lowest BCUT2D eigenvalue weighted by Gasteiger charge is -2.17. The second kappa shape index (κ2) is 3.94. The molecule has 1 aromatic rings. The molecule has 1 aliphatic heterocycles. The second-order valence-electron chi connectivity index (χ2n) is 3.60. The molecular weight excluding hydrogens is 296 g/mol. The van der Waals surface area contributed by atoms with Crippen LogP contribution >= 0.6 is 15.9 Å². The van der Waals surface area contributed by atoms with Gasteiger partial charge in [-0.05, 0) is 35.0 Å². The first kappa shape index (κ1) is 12.3. The predicted molar refractivity (Wildman–Crippen MR) is 62.6 cm³/mol. The van der Waals surface area contributed by atoms with E-state index in [2.05, 4.69) is 15.9 Å². The Labute approximate surface area is 105 Å². The number of likely N-dealkylation sites (N-methyl/N-ethyl adjacent to an activating group) is 1. The Morgan fingerprint density at radius 1 is 1.47 bits per heavy atom. The molecule has 17 heavy (non-hydrogen) atoms. The van der Waals surface area contributed by atoms with E-state index in [0.717, 1.165) is 4.90 Å². The maximum atomic E-state index is 13.8. The van der Waals surface area contributed by atoms with Crippen molar-refractivity contribution in [2.75, 3.05) is 18.6 Å². The van der Waals surface area contributed by atoms with Crippen LogP contribution in [0.5, 0.6) is 5.75 Å². The molecular formula is C11H10BrF2NO2. The number of carbonyl (C=O) groups is 1. The summed E-state index contributed by atoms with van der Waals surface area (Å²) < 4.78 is 33.1. The fourth-order valence-electron chi connectivity index (χ4n) is 1.95. The Morgan fingerprint density at radius 2 is 2.12 bits per heavy atom. The molecule has 1 aliphatic rings. The zero-order valence-corrected chi connectivity index (χ0v) is 10.8. The van der Waals surface area contributed by atoms with Crippen LogP contribution in [-0.2, 0) is 10.7 Å². The van der Waals surface area contributed by atoms with E-state index >= 15 is 0 Å². The quantitative estimate of drug-likeness (QED) is 0.841. The van der Waals surface area contributed by atoms with Crippen LogP contribution in [0.25, 0.3) is 0 Å². The van der Waals surface area contributed by atoms with Crippen LogP contribution in [0, 0.1) is 0 Å². The molecule has 0 atom stereocenters. The molecule has 1 amide bonds. The van der Waals surface area contributed by atoms with Crippen LogP contribution in [0.2, 0.25) is 0 Å². The minimum atomic E-state index is -3.47. The summed E-state index contributed by atoms with van der Waals surface area (Å²) in [5.74, 6) is -4.42. The van der Waals surface area contributed by atoms with Crippen molar-refractivity contribution in [2.45, 2.75) is 12.8 Å². The van der Waals surface area contributed by atoms with Crippen molar-refractivity contribution in [3.05, 3.63) is 22.2 Å². The summed E-state index contributed by atoms with van der Waals surface area (Å²) in [5.41, 5.74) is -0.149. The highest BCUT2D eigenvalue weighted by Gasteiger charge is 2.53. The topological polar surface area (TPSA) is 29.5 Å². The van der Waals surface area contributed by atoms with Crippen LogP contribution < -0.4 is 9.64 Å². The molecule has 1 aromatic carbocycles. The molecule has 92 valence electrons. The van der Waals surface area contributed by atoms with E-state index in [9.17, 15) is 13.6 Å². The number of alkyl halides is 2. The molecule has 0 N–H and O–H groups in total. The van der Waals surface area contributed by atoms with E-state index in [-0.39, 0.29) is 23.5 Å². The van der Waals surface area contributed by atoms with Gasteiger partial charge in [0.25, 0.3) is 0 Å². The van der Waals surface area contributed by atoms with E-state index < -0.39 is 11.8 Å². The maximum absolute atomic E-state index is 13.8. The minimum absolute atomic E-state index is 0.152. The van der Waals surface area contributed by atoms with Crippen molar-refractivity contribution >= 4 is 27.5 Å². The Kier molecular flexibility index (Phi) is 2.85. The number of anilines is 1. The third kappa shape index (κ3) is 1.54. The van der Waals surface area contributed by atoms with Crippen LogP contribution in [-0.4, -0.2) is 19.6 Å². The van der Waals surface area contributed by atoms with Gasteiger partial charge in [-0.3, -0.25) is 4.79 Å². The summed E-state index contributed by atoms with van der Waals surface area (Å²) in [6.45, 7) is 1.82. The van der Waals surface area contributed by atoms with Gasteiger partial charge in [-0.25, -0.2) is 0 Å². The number of fused-ring (bicyclic) bond motifs is 1. The summed E-state index contributed by atoms with van der Waals surface area (Å²) >= 11 is 3.22. The summed E-state index contributed by atoms with van der Waals surface area (Å²) in [7, 11) is 1.38. The molecule has 0 aromatic heterocycles. The SMILES string of the molecule is CCN1C(=O)C(F)(F)c2ccc(Br)c(OC)c21. The first-order valence-electron chi connectivity index (χ1n) is 5.01. The van der Waals surface area contributed by atoms with E-state index in [1.165, 1.54) is 19.2 Å². The summed E-state index contributed by atoms with van der Waals surface area (Å²) in [6, 6.07) is 2.70. The fourth-order valence-corrected chi connectivity index (χ4v) is 2.43. The van der Waals surface area contributed by atoms with Crippen molar-refractivity contribution < 1.29 is 18.3 Å². The lowest BCUT2D eigenvalue weighted by molar-refractivity contribution is -0.141. The number of rotatable bonds is 2. The number of hydrogen-bond donors (Lipinski definition) is 0. The lowest BCUT2D eigenvalue weighted by Crippen LogP contribution is -2.34. The monoisotopic (exact) mass is 305 g/mol. The van der Waals surface area contributed by atoms with E-state index in [0.29, 0.717) is 4.47 Å². The van der Waals surface area contributed by atoms with Gasteiger partial charge in [0.1, 0.15) is 0 Å². The van der Waals surface area contributed by atoms with Gasteiger partial charge >= 0.3 is 11.8 Å². The number of nitrogens with zero attached hydrogens (tertiary/aromatic N) is 1. The predicted octanol–water partition coefficient (Wildman–Crippen LogP) is 2.92. The van der Waals surface area contributed by atoms with Crippen LogP contribution in [0.15, 0.2) is 16.6 Å². The van der Waals surface area contributed by atoms with Crippen LogP contribution in [0.4, 0.5) is 14.5 Å².